The summed E-state index contributed by atoms with van der Waals surface area (Å²) in [6, 6.07) is 0. The molecule has 0 aromatic carbocycles. The van der Waals surface area contributed by atoms with Gasteiger partial charge in [0.1, 0.15) is 0 Å². The molecule has 0 aromatic heterocycles. The first kappa shape index (κ1) is 11.3. The summed E-state index contributed by atoms with van der Waals surface area (Å²) in [5.74, 6) is 1.73. The zero-order valence-electron chi connectivity index (χ0n) is 9.42. The molecule has 13 heavy (non-hydrogen) atoms. The van der Waals surface area contributed by atoms with Crippen LogP contribution in [0.5, 0.6) is 0 Å². The van der Waals surface area contributed by atoms with Crippen LogP contribution in [0.15, 0.2) is 0 Å². The van der Waals surface area contributed by atoms with Gasteiger partial charge in [-0.2, -0.15) is 0 Å². The average Bonchev–Trinajstić information content (AvgIpc) is 2.26. The van der Waals surface area contributed by atoms with Crippen LogP contribution in [0.3, 0.4) is 0 Å². The Morgan fingerprint density at radius 1 is 1.38 bits per heavy atom. The van der Waals surface area contributed by atoms with E-state index in [0.29, 0.717) is 6.10 Å². The van der Waals surface area contributed by atoms with Crippen LogP contribution in [0.1, 0.15) is 33.1 Å². The molecule has 0 aromatic rings. The highest BCUT2D eigenvalue weighted by molar-refractivity contribution is 7.67. The monoisotopic (exact) mass is 202 g/mol. The Morgan fingerprint density at radius 2 is 2.00 bits per heavy atom. The summed E-state index contributed by atoms with van der Waals surface area (Å²) in [5, 5.41) is 0. The molecule has 0 saturated heterocycles. The molecule has 0 aliphatic heterocycles. The third-order valence-corrected chi connectivity index (χ3v) is 3.83. The van der Waals surface area contributed by atoms with Crippen molar-refractivity contribution in [1.82, 2.24) is 0 Å². The average molecular weight is 202 g/mol. The largest absolute Gasteiger partial charge is 0.359 e. The zero-order valence-corrected chi connectivity index (χ0v) is 10.3. The van der Waals surface area contributed by atoms with Gasteiger partial charge in [-0.15, -0.1) is 0 Å². The van der Waals surface area contributed by atoms with Crippen molar-refractivity contribution >= 4 is 13.4 Å². The van der Waals surface area contributed by atoms with Gasteiger partial charge in [0.2, 0.25) is 0 Å². The smallest absolute Gasteiger partial charge is 0.0621 e. The Balaban J connectivity index is 2.45. The summed E-state index contributed by atoms with van der Waals surface area (Å²) >= 11 is 0. The molecule has 1 rings (SSSR count). The number of rotatable bonds is 3. The van der Waals surface area contributed by atoms with Gasteiger partial charge in [-0.25, -0.2) is 0 Å². The fraction of sp³-hybridized carbons (Fsp3) is 0.909. The zero-order chi connectivity index (χ0) is 10.1. The molecule has 3 unspecified atom stereocenters. The molecule has 0 N–H and O–H groups in total. The molecule has 0 heterocycles. The van der Waals surface area contributed by atoms with Crippen LogP contribution in [0.2, 0.25) is 0 Å². The molecule has 1 aliphatic rings. The topological polar surface area (TPSA) is 9.23 Å². The fourth-order valence-corrected chi connectivity index (χ4v) is 3.31. The van der Waals surface area contributed by atoms with Crippen molar-refractivity contribution in [2.24, 2.45) is 11.8 Å². The molecular weight excluding hydrogens is 179 g/mol. The van der Waals surface area contributed by atoms with Gasteiger partial charge in [0.15, 0.2) is 0 Å². The molecule has 1 aliphatic carbocycles. The lowest BCUT2D eigenvalue weighted by Crippen LogP contribution is -2.06. The van der Waals surface area contributed by atoms with Gasteiger partial charge in [-0.1, -0.05) is 26.6 Å². The Bertz CT molecular complexity index is 206. The Morgan fingerprint density at radius 3 is 2.38 bits per heavy atom. The molecule has 0 spiro atoms. The molecule has 3 atom stereocenters. The van der Waals surface area contributed by atoms with Gasteiger partial charge in [0, 0.05) is 0 Å². The highest BCUT2D eigenvalue weighted by atomic mass is 31.2. The molecule has 1 nitrogen and oxygen atoms in total. The van der Waals surface area contributed by atoms with Gasteiger partial charge < -0.3 is 4.52 Å². The quantitative estimate of drug-likeness (QED) is 0.637. The molecular formula is C11H23OP. The first-order chi connectivity index (χ1) is 5.92. The molecule has 2 heteroatoms. The van der Waals surface area contributed by atoms with Gasteiger partial charge in [-0.3, -0.25) is 0 Å². The lowest BCUT2D eigenvalue weighted by molar-refractivity contribution is 0.227. The third-order valence-electron chi connectivity index (χ3n) is 2.96. The van der Waals surface area contributed by atoms with Crippen LogP contribution in [0.25, 0.3) is 0 Å². The van der Waals surface area contributed by atoms with Crippen molar-refractivity contribution in [2.45, 2.75) is 39.2 Å². The normalized spacial score (nSPS) is 35.2. The van der Waals surface area contributed by atoms with E-state index in [1.165, 1.54) is 19.3 Å². The summed E-state index contributed by atoms with van der Waals surface area (Å²) in [6.07, 6.45) is 8.41. The molecule has 1 saturated carbocycles. The minimum absolute atomic E-state index is 0.501. The highest BCUT2D eigenvalue weighted by Crippen LogP contribution is 2.45. The summed E-state index contributed by atoms with van der Waals surface area (Å²) in [6.45, 7) is 8.94. The fourth-order valence-electron chi connectivity index (χ4n) is 2.33. The van der Waals surface area contributed by atoms with E-state index in [9.17, 15) is 0 Å². The van der Waals surface area contributed by atoms with E-state index in [1.807, 2.05) is 0 Å². The van der Waals surface area contributed by atoms with E-state index >= 15 is 0 Å². The first-order valence-corrected chi connectivity index (χ1v) is 8.07. The maximum absolute atomic E-state index is 6.00. The summed E-state index contributed by atoms with van der Waals surface area (Å²) in [7, 11) is -1.28. The van der Waals surface area contributed by atoms with E-state index in [2.05, 4.69) is 33.5 Å². The maximum atomic E-state index is 6.00. The van der Waals surface area contributed by atoms with E-state index in [0.717, 1.165) is 11.8 Å². The van der Waals surface area contributed by atoms with Crippen molar-refractivity contribution in [2.75, 3.05) is 13.3 Å². The second kappa shape index (κ2) is 4.19. The number of hydrogen-bond acceptors (Lipinski definition) is 1. The lowest BCUT2D eigenvalue weighted by Gasteiger charge is -2.20. The van der Waals surface area contributed by atoms with Crippen molar-refractivity contribution in [3.05, 3.63) is 0 Å². The Kier molecular flexibility index (Phi) is 3.65. The SMILES string of the molecule is C=P(C)(C)OC1CC(C)C(CC)C1. The Hall–Kier alpha value is 0.260. The van der Waals surface area contributed by atoms with Crippen molar-refractivity contribution in [3.63, 3.8) is 0 Å². The standard InChI is InChI=1S/C11H23OP/c1-6-10-8-11(7-9(10)2)12-13(3,4)5/h9-11H,3,6-8H2,1-2,4-5H3. The molecule has 0 bridgehead atoms. The van der Waals surface area contributed by atoms with Gasteiger partial charge in [0.25, 0.3) is 0 Å². The van der Waals surface area contributed by atoms with Gasteiger partial charge in [-0.05, 0) is 45.1 Å². The van der Waals surface area contributed by atoms with E-state index < -0.39 is 7.11 Å². The van der Waals surface area contributed by atoms with Crippen molar-refractivity contribution in [1.29, 1.82) is 0 Å². The highest BCUT2D eigenvalue weighted by Gasteiger charge is 2.31. The predicted octanol–water partition coefficient (Wildman–Crippen LogP) is 3.45. The minimum atomic E-state index is -1.28. The Labute approximate surface area is 82.9 Å². The van der Waals surface area contributed by atoms with E-state index in [1.54, 1.807) is 0 Å². The predicted molar refractivity (Wildman–Crippen MR) is 62.9 cm³/mol. The van der Waals surface area contributed by atoms with E-state index in [4.69, 9.17) is 4.52 Å². The van der Waals surface area contributed by atoms with Crippen LogP contribution in [-0.4, -0.2) is 25.7 Å². The molecule has 78 valence electrons. The van der Waals surface area contributed by atoms with Crippen LogP contribution in [0.4, 0.5) is 0 Å². The lowest BCUT2D eigenvalue weighted by atomic mass is 9.96. The minimum Gasteiger partial charge on any atom is -0.359 e. The van der Waals surface area contributed by atoms with Crippen LogP contribution < -0.4 is 0 Å². The number of hydrogen-bond donors (Lipinski definition) is 0. The van der Waals surface area contributed by atoms with Gasteiger partial charge >= 0.3 is 0 Å². The molecule has 0 radical (unpaired) electrons. The molecule has 0 amide bonds. The van der Waals surface area contributed by atoms with Crippen LogP contribution in [-0.2, 0) is 4.52 Å². The van der Waals surface area contributed by atoms with Crippen molar-refractivity contribution in [3.8, 4) is 0 Å². The second-order valence-electron chi connectivity index (χ2n) is 4.92. The molecule has 1 fully saturated rings. The van der Waals surface area contributed by atoms with Gasteiger partial charge in [0.05, 0.1) is 6.10 Å². The second-order valence-corrected chi connectivity index (χ2v) is 8.28. The summed E-state index contributed by atoms with van der Waals surface area (Å²) in [4.78, 5) is 0. The van der Waals surface area contributed by atoms with Crippen LogP contribution in [0, 0.1) is 11.8 Å². The third kappa shape index (κ3) is 3.48. The van der Waals surface area contributed by atoms with Crippen LogP contribution >= 0.6 is 7.11 Å². The maximum Gasteiger partial charge on any atom is 0.0621 e. The first-order valence-electron chi connectivity index (χ1n) is 5.29. The summed E-state index contributed by atoms with van der Waals surface area (Å²) in [5.41, 5.74) is 0. The summed E-state index contributed by atoms with van der Waals surface area (Å²) < 4.78 is 6.00. The van der Waals surface area contributed by atoms with Crippen molar-refractivity contribution < 1.29 is 4.52 Å². The van der Waals surface area contributed by atoms with E-state index in [-0.39, 0.29) is 0 Å².